The number of nitrogen functional groups attached to an aromatic ring is 1. The Morgan fingerprint density at radius 3 is 2.74 bits per heavy atom. The lowest BCUT2D eigenvalue weighted by atomic mass is 10.2. The summed E-state index contributed by atoms with van der Waals surface area (Å²) in [4.78, 5) is 12.2. The summed E-state index contributed by atoms with van der Waals surface area (Å²) in [6.07, 6.45) is -0.681. The van der Waals surface area contributed by atoms with Crippen molar-refractivity contribution in [3.63, 3.8) is 0 Å². The summed E-state index contributed by atoms with van der Waals surface area (Å²) >= 11 is 6.10. The highest BCUT2D eigenvalue weighted by molar-refractivity contribution is 6.32. The van der Waals surface area contributed by atoms with E-state index >= 15 is 0 Å². The van der Waals surface area contributed by atoms with Crippen molar-refractivity contribution in [2.45, 2.75) is 26.4 Å². The quantitative estimate of drug-likeness (QED) is 0.577. The van der Waals surface area contributed by atoms with Crippen LogP contribution in [0.1, 0.15) is 20.8 Å². The number of anilines is 2. The summed E-state index contributed by atoms with van der Waals surface area (Å²) in [5.74, 6) is -0.141. The fourth-order valence-corrected chi connectivity index (χ4v) is 2.55. The van der Waals surface area contributed by atoms with E-state index in [0.717, 1.165) is 6.07 Å². The summed E-state index contributed by atoms with van der Waals surface area (Å²) in [6.45, 7) is 5.23. The Balaban J connectivity index is 2.06. The third-order valence-electron chi connectivity index (χ3n) is 3.45. The minimum Gasteiger partial charge on any atom is -0.453 e. The number of aromatic amines is 1. The number of carbonyl (C=O) groups is 1. The Bertz CT molecular complexity index is 1010. The van der Waals surface area contributed by atoms with E-state index in [4.69, 9.17) is 26.8 Å². The first-order valence-electron chi connectivity index (χ1n) is 8.03. The molecule has 2 aromatic carbocycles. The smallest absolute Gasteiger partial charge is 0.412 e. The van der Waals surface area contributed by atoms with Crippen LogP contribution in [0.15, 0.2) is 30.3 Å². The van der Waals surface area contributed by atoms with Crippen LogP contribution in [0.2, 0.25) is 5.02 Å². The second-order valence-corrected chi connectivity index (χ2v) is 7.18. The number of carbonyl (C=O) groups excluding carboxylic acids is 1. The van der Waals surface area contributed by atoms with Gasteiger partial charge in [0.25, 0.3) is 0 Å². The first kappa shape index (κ1) is 18.8. The first-order valence-corrected chi connectivity index (χ1v) is 8.41. The number of benzene rings is 2. The van der Waals surface area contributed by atoms with Crippen LogP contribution >= 0.6 is 11.6 Å². The summed E-state index contributed by atoms with van der Waals surface area (Å²) in [7, 11) is 0. The number of nitrogens with two attached hydrogens (primary N) is 1. The van der Waals surface area contributed by atoms with Crippen molar-refractivity contribution in [2.24, 2.45) is 0 Å². The van der Waals surface area contributed by atoms with Crippen molar-refractivity contribution in [3.8, 4) is 11.5 Å². The number of halogens is 2. The average Bonchev–Trinajstić information content (AvgIpc) is 2.92. The fraction of sp³-hybridized carbons (Fsp3) is 0.222. The van der Waals surface area contributed by atoms with Crippen LogP contribution in [0.25, 0.3) is 10.9 Å². The lowest BCUT2D eigenvalue weighted by Gasteiger charge is -2.20. The van der Waals surface area contributed by atoms with Crippen molar-refractivity contribution >= 4 is 40.1 Å². The van der Waals surface area contributed by atoms with Gasteiger partial charge in [-0.1, -0.05) is 11.6 Å². The van der Waals surface area contributed by atoms with Crippen molar-refractivity contribution in [3.05, 3.63) is 41.2 Å². The van der Waals surface area contributed by atoms with Crippen LogP contribution in [-0.4, -0.2) is 21.9 Å². The third-order valence-corrected chi connectivity index (χ3v) is 3.76. The molecular weight excluding hydrogens is 375 g/mol. The highest BCUT2D eigenvalue weighted by Crippen LogP contribution is 2.41. The summed E-state index contributed by atoms with van der Waals surface area (Å²) < 4.78 is 24.7. The van der Waals surface area contributed by atoms with Crippen LogP contribution in [0, 0.1) is 5.82 Å². The minimum absolute atomic E-state index is 0.0667. The molecule has 4 N–H and O–H groups in total. The van der Waals surface area contributed by atoms with Crippen LogP contribution in [0.5, 0.6) is 11.5 Å². The fourth-order valence-electron chi connectivity index (χ4n) is 2.39. The SMILES string of the molecule is CC(C)(C)OC(=O)Nc1ccc2[nH]nc(N)c2c1Oc1cc(F)ccc1Cl. The van der Waals surface area contributed by atoms with E-state index < -0.39 is 17.5 Å². The predicted octanol–water partition coefficient (Wildman–Crippen LogP) is 5.08. The number of nitrogens with one attached hydrogen (secondary N) is 2. The number of H-pyrrole nitrogens is 1. The minimum atomic E-state index is -0.685. The maximum absolute atomic E-state index is 13.6. The molecule has 27 heavy (non-hydrogen) atoms. The number of hydrogen-bond acceptors (Lipinski definition) is 5. The second-order valence-electron chi connectivity index (χ2n) is 6.78. The van der Waals surface area contributed by atoms with Crippen LogP contribution in [-0.2, 0) is 4.74 Å². The van der Waals surface area contributed by atoms with Gasteiger partial charge < -0.3 is 15.2 Å². The number of aromatic nitrogens is 2. The van der Waals surface area contributed by atoms with Gasteiger partial charge in [0.15, 0.2) is 11.6 Å². The van der Waals surface area contributed by atoms with Crippen molar-refractivity contribution < 1.29 is 18.7 Å². The molecule has 0 aliphatic rings. The van der Waals surface area contributed by atoms with Crippen LogP contribution < -0.4 is 15.8 Å². The van der Waals surface area contributed by atoms with Crippen molar-refractivity contribution in [1.29, 1.82) is 0 Å². The molecule has 1 amide bonds. The van der Waals surface area contributed by atoms with Crippen LogP contribution in [0.3, 0.4) is 0 Å². The molecule has 7 nitrogen and oxygen atoms in total. The Kier molecular flexibility index (Phi) is 4.84. The van der Waals surface area contributed by atoms with E-state index in [1.165, 1.54) is 12.1 Å². The molecule has 0 spiro atoms. The molecule has 0 atom stereocenters. The largest absolute Gasteiger partial charge is 0.453 e. The van der Waals surface area contributed by atoms with E-state index in [1.54, 1.807) is 32.9 Å². The molecule has 1 heterocycles. The van der Waals surface area contributed by atoms with E-state index in [2.05, 4.69) is 15.5 Å². The molecule has 3 rings (SSSR count). The van der Waals surface area contributed by atoms with Gasteiger partial charge in [-0.3, -0.25) is 10.4 Å². The van der Waals surface area contributed by atoms with Gasteiger partial charge in [-0.15, -0.1) is 0 Å². The van der Waals surface area contributed by atoms with Gasteiger partial charge in [0.2, 0.25) is 0 Å². The van der Waals surface area contributed by atoms with Crippen LogP contribution in [0.4, 0.5) is 20.7 Å². The molecule has 0 bridgehead atoms. The van der Waals surface area contributed by atoms with Crippen molar-refractivity contribution in [2.75, 3.05) is 11.1 Å². The molecule has 3 aromatic rings. The Hall–Kier alpha value is -3.00. The first-order chi connectivity index (χ1) is 12.6. The highest BCUT2D eigenvalue weighted by Gasteiger charge is 2.21. The predicted molar refractivity (Wildman–Crippen MR) is 102 cm³/mol. The topological polar surface area (TPSA) is 102 Å². The zero-order valence-corrected chi connectivity index (χ0v) is 15.6. The number of amides is 1. The maximum Gasteiger partial charge on any atom is 0.412 e. The molecule has 0 saturated carbocycles. The molecule has 9 heteroatoms. The monoisotopic (exact) mass is 392 g/mol. The van der Waals surface area contributed by atoms with Gasteiger partial charge in [0, 0.05) is 6.07 Å². The van der Waals surface area contributed by atoms with Gasteiger partial charge in [-0.25, -0.2) is 9.18 Å². The summed E-state index contributed by atoms with van der Waals surface area (Å²) in [5.41, 5.74) is 6.08. The zero-order valence-electron chi connectivity index (χ0n) is 14.9. The summed E-state index contributed by atoms with van der Waals surface area (Å²) in [5, 5.41) is 9.92. The maximum atomic E-state index is 13.6. The standard InChI is InChI=1S/C18H18ClFN4O3/c1-18(2,3)27-17(25)22-12-7-6-11-14(16(21)24-23-11)15(12)26-13-8-9(20)4-5-10(13)19/h4-8H,1-3H3,(H,22,25)(H3,21,23,24). The van der Waals surface area contributed by atoms with E-state index in [1.807, 2.05) is 0 Å². The van der Waals surface area contributed by atoms with Gasteiger partial charge in [-0.2, -0.15) is 5.10 Å². The molecule has 142 valence electrons. The molecule has 0 saturated heterocycles. The summed E-state index contributed by atoms with van der Waals surface area (Å²) in [6, 6.07) is 6.97. The lowest BCUT2D eigenvalue weighted by Crippen LogP contribution is -2.27. The number of rotatable bonds is 3. The van der Waals surface area contributed by atoms with Gasteiger partial charge >= 0.3 is 6.09 Å². The normalized spacial score (nSPS) is 11.4. The highest BCUT2D eigenvalue weighted by atomic mass is 35.5. The Morgan fingerprint density at radius 2 is 2.04 bits per heavy atom. The Labute approximate surface area is 159 Å². The van der Waals surface area contributed by atoms with E-state index in [0.29, 0.717) is 10.9 Å². The number of hydrogen-bond donors (Lipinski definition) is 3. The average molecular weight is 393 g/mol. The molecular formula is C18H18ClFN4O3. The number of fused-ring (bicyclic) bond motifs is 1. The molecule has 0 aliphatic heterocycles. The molecule has 0 radical (unpaired) electrons. The second kappa shape index (κ2) is 6.96. The van der Waals surface area contributed by atoms with Gasteiger partial charge in [0.05, 0.1) is 21.6 Å². The molecule has 0 fully saturated rings. The van der Waals surface area contributed by atoms with Gasteiger partial charge in [0.1, 0.15) is 17.2 Å². The Morgan fingerprint density at radius 1 is 1.30 bits per heavy atom. The van der Waals surface area contributed by atoms with Gasteiger partial charge in [-0.05, 0) is 45.0 Å². The molecule has 0 aliphatic carbocycles. The zero-order chi connectivity index (χ0) is 19.8. The van der Waals surface area contributed by atoms with E-state index in [-0.39, 0.29) is 28.0 Å². The molecule has 0 unspecified atom stereocenters. The third kappa shape index (κ3) is 4.22. The van der Waals surface area contributed by atoms with Crippen molar-refractivity contribution in [1.82, 2.24) is 10.2 Å². The van der Waals surface area contributed by atoms with E-state index in [9.17, 15) is 9.18 Å². The number of ether oxygens (including phenoxy) is 2. The lowest BCUT2D eigenvalue weighted by molar-refractivity contribution is 0.0635. The molecule has 1 aromatic heterocycles. The number of nitrogens with zero attached hydrogens (tertiary/aromatic N) is 1.